The molecule has 22 heavy (non-hydrogen) atoms. The number of nitrogens with one attached hydrogen (secondary N) is 1. The summed E-state index contributed by atoms with van der Waals surface area (Å²) < 4.78 is 1.61. The second kappa shape index (κ2) is 5.57. The van der Waals surface area contributed by atoms with Crippen LogP contribution < -0.4 is 11.2 Å². The lowest BCUT2D eigenvalue weighted by atomic mass is 10.0. The quantitative estimate of drug-likeness (QED) is 0.433. The van der Waals surface area contributed by atoms with Gasteiger partial charge in [-0.05, 0) is 29.1 Å². The monoisotopic (exact) mass is 310 g/mol. The molecule has 0 aliphatic heterocycles. The Labute approximate surface area is 132 Å². The molecule has 0 aliphatic rings. The van der Waals surface area contributed by atoms with E-state index in [-0.39, 0.29) is 11.0 Å². The van der Waals surface area contributed by atoms with Crippen LogP contribution >= 0.6 is 12.2 Å². The van der Waals surface area contributed by atoms with Crippen molar-refractivity contribution in [1.29, 1.82) is 0 Å². The van der Waals surface area contributed by atoms with Crippen molar-refractivity contribution in [2.45, 2.75) is 6.92 Å². The number of hydrazone groups is 1. The zero-order valence-electron chi connectivity index (χ0n) is 11.9. The van der Waals surface area contributed by atoms with E-state index in [1.807, 2.05) is 36.4 Å². The molecule has 3 rings (SSSR count). The van der Waals surface area contributed by atoms with E-state index in [1.54, 1.807) is 17.0 Å². The van der Waals surface area contributed by atoms with Gasteiger partial charge in [0.05, 0.1) is 11.7 Å². The Balaban J connectivity index is 2.30. The summed E-state index contributed by atoms with van der Waals surface area (Å²) in [5.41, 5.74) is 9.56. The first-order chi connectivity index (χ1) is 10.6. The maximum atomic E-state index is 11.9. The molecule has 0 amide bonds. The minimum absolute atomic E-state index is 0.0535. The van der Waals surface area contributed by atoms with Crippen molar-refractivity contribution in [2.24, 2.45) is 10.8 Å². The van der Waals surface area contributed by atoms with Gasteiger partial charge in [0.2, 0.25) is 5.91 Å². The zero-order chi connectivity index (χ0) is 15.7. The van der Waals surface area contributed by atoms with E-state index in [4.69, 9.17) is 18.0 Å². The van der Waals surface area contributed by atoms with Crippen molar-refractivity contribution in [2.75, 3.05) is 0 Å². The van der Waals surface area contributed by atoms with Gasteiger partial charge in [-0.2, -0.15) is 5.10 Å². The third-order valence-corrected chi connectivity index (χ3v) is 3.53. The molecule has 0 unspecified atom stereocenters. The Morgan fingerprint density at radius 3 is 2.82 bits per heavy atom. The maximum Gasteiger partial charge on any atom is 0.227 e. The molecule has 5 nitrogen and oxygen atoms in total. The van der Waals surface area contributed by atoms with Crippen LogP contribution in [0.25, 0.3) is 21.7 Å². The van der Waals surface area contributed by atoms with Crippen molar-refractivity contribution in [3.8, 4) is 0 Å². The molecule has 0 fully saturated rings. The highest BCUT2D eigenvalue weighted by Gasteiger charge is 2.12. The summed E-state index contributed by atoms with van der Waals surface area (Å²) >= 11 is 4.72. The lowest BCUT2D eigenvalue weighted by Gasteiger charge is -2.02. The molecule has 0 aliphatic carbocycles. The molecule has 1 aromatic heterocycles. The van der Waals surface area contributed by atoms with Crippen LogP contribution in [0.1, 0.15) is 17.3 Å². The van der Waals surface area contributed by atoms with Gasteiger partial charge < -0.3 is 5.73 Å². The van der Waals surface area contributed by atoms with Crippen LogP contribution in [-0.2, 0) is 0 Å². The molecule has 0 radical (unpaired) electrons. The number of nitrogens with zero attached hydrogens (tertiary/aromatic N) is 2. The number of benzene rings is 2. The minimum atomic E-state index is -0.0535. The summed E-state index contributed by atoms with van der Waals surface area (Å²) in [7, 11) is 0. The summed E-state index contributed by atoms with van der Waals surface area (Å²) in [5.74, 6) is -0.0535. The highest BCUT2D eigenvalue weighted by molar-refractivity contribution is 7.80. The molecule has 3 N–H and O–H groups in total. The fourth-order valence-corrected chi connectivity index (χ4v) is 2.61. The van der Waals surface area contributed by atoms with Gasteiger partial charge >= 0.3 is 0 Å². The van der Waals surface area contributed by atoms with E-state index >= 15 is 0 Å². The predicted molar refractivity (Wildman–Crippen MR) is 93.3 cm³/mol. The lowest BCUT2D eigenvalue weighted by Crippen LogP contribution is -2.23. The third kappa shape index (κ3) is 2.44. The summed E-state index contributed by atoms with van der Waals surface area (Å²) in [6.07, 6.45) is 3.39. The normalized spacial score (nSPS) is 11.3. The van der Waals surface area contributed by atoms with Gasteiger partial charge in [0.25, 0.3) is 0 Å². The standard InChI is InChI=1S/C16H14N4OS/c1-10(21)20-9-12(8-18-19-16(17)22)15-13-5-3-2-4-11(13)6-7-14(15)20/h2-9H,1H3,(H3,17,19,22)/b18-8+. The number of carbonyl (C=O) groups is 1. The number of rotatable bonds is 2. The van der Waals surface area contributed by atoms with Crippen LogP contribution in [-0.4, -0.2) is 21.8 Å². The first-order valence-corrected chi connectivity index (χ1v) is 7.11. The van der Waals surface area contributed by atoms with Gasteiger partial charge in [0, 0.05) is 24.1 Å². The van der Waals surface area contributed by atoms with E-state index in [0.29, 0.717) is 0 Å². The number of hydrogen-bond acceptors (Lipinski definition) is 3. The van der Waals surface area contributed by atoms with Crippen LogP contribution in [0.15, 0.2) is 47.7 Å². The number of nitrogens with two attached hydrogens (primary N) is 1. The molecule has 0 saturated carbocycles. The number of aromatic nitrogens is 1. The van der Waals surface area contributed by atoms with E-state index in [2.05, 4.69) is 10.5 Å². The minimum Gasteiger partial charge on any atom is -0.375 e. The fraction of sp³-hybridized carbons (Fsp3) is 0.0625. The van der Waals surface area contributed by atoms with Crippen molar-refractivity contribution in [3.63, 3.8) is 0 Å². The number of hydrogen-bond donors (Lipinski definition) is 2. The predicted octanol–water partition coefficient (Wildman–Crippen LogP) is 2.62. The first kappa shape index (κ1) is 14.2. The largest absolute Gasteiger partial charge is 0.375 e. The van der Waals surface area contributed by atoms with Crippen LogP contribution in [0.4, 0.5) is 0 Å². The van der Waals surface area contributed by atoms with E-state index in [0.717, 1.165) is 27.2 Å². The highest BCUT2D eigenvalue weighted by atomic mass is 32.1. The van der Waals surface area contributed by atoms with Gasteiger partial charge in [0.1, 0.15) is 0 Å². The molecule has 3 aromatic rings. The van der Waals surface area contributed by atoms with Crippen molar-refractivity contribution in [3.05, 3.63) is 48.2 Å². The Hall–Kier alpha value is -2.73. The molecule has 0 bridgehead atoms. The number of fused-ring (bicyclic) bond motifs is 3. The maximum absolute atomic E-state index is 11.9. The average molecular weight is 310 g/mol. The van der Waals surface area contributed by atoms with Crippen LogP contribution in [0.5, 0.6) is 0 Å². The average Bonchev–Trinajstić information content (AvgIpc) is 2.86. The topological polar surface area (TPSA) is 72.4 Å². The molecule has 0 saturated heterocycles. The molecule has 110 valence electrons. The van der Waals surface area contributed by atoms with Crippen molar-refractivity contribution < 1.29 is 4.79 Å². The van der Waals surface area contributed by atoms with E-state index < -0.39 is 0 Å². The summed E-state index contributed by atoms with van der Waals surface area (Å²) in [5, 5.41) is 7.24. The van der Waals surface area contributed by atoms with E-state index in [9.17, 15) is 4.79 Å². The number of carbonyl (C=O) groups excluding carboxylic acids is 1. The second-order valence-electron chi connectivity index (χ2n) is 4.89. The third-order valence-electron chi connectivity index (χ3n) is 3.44. The Kier molecular flexibility index (Phi) is 3.60. The Morgan fingerprint density at radius 2 is 2.09 bits per heavy atom. The fourth-order valence-electron chi connectivity index (χ4n) is 2.56. The van der Waals surface area contributed by atoms with Gasteiger partial charge in [-0.25, -0.2) is 0 Å². The smallest absolute Gasteiger partial charge is 0.227 e. The van der Waals surface area contributed by atoms with Crippen molar-refractivity contribution in [1.82, 2.24) is 9.99 Å². The summed E-state index contributed by atoms with van der Waals surface area (Å²) in [6.45, 7) is 1.53. The van der Waals surface area contributed by atoms with Crippen LogP contribution in [0.3, 0.4) is 0 Å². The van der Waals surface area contributed by atoms with Gasteiger partial charge in [0.15, 0.2) is 5.11 Å². The molecule has 2 aromatic carbocycles. The van der Waals surface area contributed by atoms with Gasteiger partial charge in [-0.1, -0.05) is 30.3 Å². The molecule has 1 heterocycles. The molecule has 0 spiro atoms. The van der Waals surface area contributed by atoms with Crippen molar-refractivity contribution >= 4 is 51.1 Å². The second-order valence-corrected chi connectivity index (χ2v) is 5.33. The summed E-state index contributed by atoms with van der Waals surface area (Å²) in [6, 6.07) is 12.0. The Morgan fingerprint density at radius 1 is 1.32 bits per heavy atom. The molecular weight excluding hydrogens is 296 g/mol. The summed E-state index contributed by atoms with van der Waals surface area (Å²) in [4.78, 5) is 11.9. The van der Waals surface area contributed by atoms with Crippen LogP contribution in [0.2, 0.25) is 0 Å². The molecular formula is C16H14N4OS. The van der Waals surface area contributed by atoms with Gasteiger partial charge in [-0.3, -0.25) is 14.8 Å². The molecule has 6 heteroatoms. The molecule has 0 atom stereocenters. The Bertz CT molecular complexity index is 926. The number of thiocarbonyl (C=S) groups is 1. The lowest BCUT2D eigenvalue weighted by molar-refractivity contribution is 0.0941. The SMILES string of the molecule is CC(=O)n1cc(/C=N/NC(N)=S)c2c3ccccc3ccc21. The highest BCUT2D eigenvalue weighted by Crippen LogP contribution is 2.29. The van der Waals surface area contributed by atoms with Crippen LogP contribution in [0, 0.1) is 0 Å². The van der Waals surface area contributed by atoms with E-state index in [1.165, 1.54) is 6.92 Å². The first-order valence-electron chi connectivity index (χ1n) is 6.70. The van der Waals surface area contributed by atoms with Gasteiger partial charge in [-0.15, -0.1) is 0 Å². The zero-order valence-corrected chi connectivity index (χ0v) is 12.7.